The number of morpholine rings is 1. The molecular formula is C15H16Cl2N4O2. The molecule has 0 saturated carbocycles. The second-order valence-corrected chi connectivity index (χ2v) is 5.73. The van der Waals surface area contributed by atoms with Gasteiger partial charge in [-0.05, 0) is 29.3 Å². The highest BCUT2D eigenvalue weighted by molar-refractivity contribution is 6.33. The quantitative estimate of drug-likeness (QED) is 0.821. The van der Waals surface area contributed by atoms with E-state index in [1.807, 2.05) is 18.2 Å². The molecule has 0 amide bonds. The van der Waals surface area contributed by atoms with Crippen LogP contribution in [0.4, 0.5) is 11.5 Å². The zero-order valence-corrected chi connectivity index (χ0v) is 14.0. The molecule has 1 unspecified atom stereocenters. The molecule has 1 aromatic carbocycles. The minimum absolute atomic E-state index is 0.0174. The van der Waals surface area contributed by atoms with Gasteiger partial charge in [-0.1, -0.05) is 17.7 Å². The summed E-state index contributed by atoms with van der Waals surface area (Å²) in [7, 11) is 1.61. The number of nitrogens with zero attached hydrogens (tertiary/aromatic N) is 2. The largest absolute Gasteiger partial charge is 0.495 e. The normalized spacial score (nSPS) is 17.8. The lowest BCUT2D eigenvalue weighted by Crippen LogP contribution is -2.33. The van der Waals surface area contributed by atoms with Crippen LogP contribution in [0.3, 0.4) is 0 Å². The number of nitrogens with one attached hydrogen (secondary N) is 2. The van der Waals surface area contributed by atoms with Crippen LogP contribution in [0.25, 0.3) is 0 Å². The molecule has 0 aliphatic carbocycles. The molecule has 6 nitrogen and oxygen atoms in total. The Morgan fingerprint density at radius 1 is 1.39 bits per heavy atom. The number of hydrogen-bond donors (Lipinski definition) is 2. The van der Waals surface area contributed by atoms with Gasteiger partial charge in [0.05, 0.1) is 31.7 Å². The molecule has 1 fully saturated rings. The van der Waals surface area contributed by atoms with Gasteiger partial charge in [0.15, 0.2) is 5.82 Å². The van der Waals surface area contributed by atoms with Crippen molar-refractivity contribution in [3.8, 4) is 5.75 Å². The third kappa shape index (κ3) is 3.84. The SMILES string of the molecule is COc1cc(C2CNCCO2)ccc1Nc1nc(Cl)ncc1Cl. The predicted molar refractivity (Wildman–Crippen MR) is 89.9 cm³/mol. The van der Waals surface area contributed by atoms with Crippen molar-refractivity contribution in [2.24, 2.45) is 0 Å². The monoisotopic (exact) mass is 354 g/mol. The van der Waals surface area contributed by atoms with Crippen LogP contribution < -0.4 is 15.4 Å². The molecule has 1 saturated heterocycles. The van der Waals surface area contributed by atoms with E-state index in [0.29, 0.717) is 23.2 Å². The Kier molecular flexibility index (Phi) is 5.17. The second-order valence-electron chi connectivity index (χ2n) is 4.98. The topological polar surface area (TPSA) is 68.3 Å². The highest BCUT2D eigenvalue weighted by Gasteiger charge is 2.18. The first-order chi connectivity index (χ1) is 11.2. The van der Waals surface area contributed by atoms with Crippen molar-refractivity contribution < 1.29 is 9.47 Å². The summed E-state index contributed by atoms with van der Waals surface area (Å²) in [6.07, 6.45) is 1.46. The van der Waals surface area contributed by atoms with E-state index >= 15 is 0 Å². The molecule has 3 rings (SSSR count). The molecule has 1 atom stereocenters. The van der Waals surface area contributed by atoms with E-state index in [9.17, 15) is 0 Å². The molecule has 1 aliphatic heterocycles. The van der Waals surface area contributed by atoms with Crippen molar-refractivity contribution in [1.29, 1.82) is 0 Å². The summed E-state index contributed by atoms with van der Waals surface area (Å²) in [5, 5.41) is 6.92. The molecule has 23 heavy (non-hydrogen) atoms. The van der Waals surface area contributed by atoms with Gasteiger partial charge in [0, 0.05) is 13.1 Å². The second kappa shape index (κ2) is 7.31. The summed E-state index contributed by atoms with van der Waals surface area (Å²) in [4.78, 5) is 7.90. The average Bonchev–Trinajstić information content (AvgIpc) is 2.59. The number of ether oxygens (including phenoxy) is 2. The summed E-state index contributed by atoms with van der Waals surface area (Å²) >= 11 is 11.9. The molecule has 0 bridgehead atoms. The molecule has 2 N–H and O–H groups in total. The van der Waals surface area contributed by atoms with Gasteiger partial charge in [0.2, 0.25) is 5.28 Å². The summed E-state index contributed by atoms with van der Waals surface area (Å²) in [6, 6.07) is 5.83. The molecule has 1 aromatic heterocycles. The van der Waals surface area contributed by atoms with Gasteiger partial charge in [-0.15, -0.1) is 0 Å². The summed E-state index contributed by atoms with van der Waals surface area (Å²) in [5.74, 6) is 1.09. The van der Waals surface area contributed by atoms with Crippen molar-refractivity contribution in [1.82, 2.24) is 15.3 Å². The van der Waals surface area contributed by atoms with Crippen molar-refractivity contribution in [2.45, 2.75) is 6.10 Å². The first kappa shape index (κ1) is 16.3. The fraction of sp³-hybridized carbons (Fsp3) is 0.333. The zero-order chi connectivity index (χ0) is 16.2. The van der Waals surface area contributed by atoms with Crippen molar-refractivity contribution in [3.63, 3.8) is 0 Å². The maximum atomic E-state index is 6.08. The van der Waals surface area contributed by atoms with Crippen molar-refractivity contribution >= 4 is 34.7 Å². The van der Waals surface area contributed by atoms with Gasteiger partial charge < -0.3 is 20.1 Å². The molecule has 122 valence electrons. The van der Waals surface area contributed by atoms with Gasteiger partial charge in [-0.3, -0.25) is 0 Å². The first-order valence-electron chi connectivity index (χ1n) is 7.12. The van der Waals surface area contributed by atoms with Crippen molar-refractivity contribution in [3.05, 3.63) is 40.3 Å². The number of rotatable bonds is 4. The van der Waals surface area contributed by atoms with Gasteiger partial charge in [0.25, 0.3) is 0 Å². The lowest BCUT2D eigenvalue weighted by atomic mass is 10.1. The van der Waals surface area contributed by atoms with Crippen LogP contribution >= 0.6 is 23.2 Å². The van der Waals surface area contributed by atoms with Crippen LogP contribution in [0.5, 0.6) is 5.75 Å². The minimum atomic E-state index is 0.0174. The van der Waals surface area contributed by atoms with E-state index in [-0.39, 0.29) is 11.4 Å². The molecule has 0 spiro atoms. The standard InChI is InChI=1S/C15H16Cl2N4O2/c1-22-12-6-9(13-8-18-4-5-23-13)2-3-11(12)20-14-10(16)7-19-15(17)21-14/h2-3,6-7,13,18H,4-5,8H2,1H3,(H,19,20,21). The Labute approximate surface area is 144 Å². The number of benzene rings is 1. The van der Waals surface area contributed by atoms with Crippen LogP contribution in [0.1, 0.15) is 11.7 Å². The van der Waals surface area contributed by atoms with Gasteiger partial charge in [0.1, 0.15) is 10.8 Å². The Morgan fingerprint density at radius 3 is 3.00 bits per heavy atom. The Bertz CT molecular complexity index is 693. The highest BCUT2D eigenvalue weighted by Crippen LogP contribution is 2.33. The summed E-state index contributed by atoms with van der Waals surface area (Å²) in [6.45, 7) is 2.35. The van der Waals surface area contributed by atoms with Crippen LogP contribution in [-0.2, 0) is 4.74 Å². The maximum absolute atomic E-state index is 6.08. The van der Waals surface area contributed by atoms with Gasteiger partial charge in [-0.2, -0.15) is 4.98 Å². The molecule has 0 radical (unpaired) electrons. The highest BCUT2D eigenvalue weighted by atomic mass is 35.5. The number of hydrogen-bond acceptors (Lipinski definition) is 6. The van der Waals surface area contributed by atoms with Crippen LogP contribution in [0.15, 0.2) is 24.4 Å². The zero-order valence-electron chi connectivity index (χ0n) is 12.5. The number of methoxy groups -OCH3 is 1. The average molecular weight is 355 g/mol. The van der Waals surface area contributed by atoms with Crippen molar-refractivity contribution in [2.75, 3.05) is 32.1 Å². The number of aromatic nitrogens is 2. The minimum Gasteiger partial charge on any atom is -0.495 e. The number of halogens is 2. The fourth-order valence-corrected chi connectivity index (χ4v) is 2.62. The van der Waals surface area contributed by atoms with E-state index in [1.165, 1.54) is 6.20 Å². The summed E-state index contributed by atoms with van der Waals surface area (Å²) < 4.78 is 11.2. The molecule has 2 heterocycles. The van der Waals surface area contributed by atoms with E-state index in [1.54, 1.807) is 7.11 Å². The first-order valence-corrected chi connectivity index (χ1v) is 7.88. The van der Waals surface area contributed by atoms with E-state index in [2.05, 4.69) is 20.6 Å². The lowest BCUT2D eigenvalue weighted by molar-refractivity contribution is 0.0276. The smallest absolute Gasteiger partial charge is 0.224 e. The van der Waals surface area contributed by atoms with Crippen LogP contribution in [0.2, 0.25) is 10.3 Å². The fourth-order valence-electron chi connectivity index (χ4n) is 2.35. The Hall–Kier alpha value is -1.60. The Balaban J connectivity index is 1.86. The molecular weight excluding hydrogens is 339 g/mol. The summed E-state index contributed by atoms with van der Waals surface area (Å²) in [5.41, 5.74) is 1.78. The van der Waals surface area contributed by atoms with E-state index < -0.39 is 0 Å². The third-order valence-corrected chi connectivity index (χ3v) is 3.95. The van der Waals surface area contributed by atoms with Gasteiger partial charge >= 0.3 is 0 Å². The molecule has 8 heteroatoms. The van der Waals surface area contributed by atoms with Crippen LogP contribution in [0, 0.1) is 0 Å². The van der Waals surface area contributed by atoms with Crippen LogP contribution in [-0.4, -0.2) is 36.8 Å². The lowest BCUT2D eigenvalue weighted by Gasteiger charge is -2.24. The van der Waals surface area contributed by atoms with Gasteiger partial charge in [-0.25, -0.2) is 4.98 Å². The van der Waals surface area contributed by atoms with E-state index in [4.69, 9.17) is 32.7 Å². The molecule has 2 aromatic rings. The third-order valence-electron chi connectivity index (χ3n) is 3.49. The predicted octanol–water partition coefficient (Wildman–Crippen LogP) is 3.20. The molecule has 1 aliphatic rings. The Morgan fingerprint density at radius 2 is 2.26 bits per heavy atom. The number of anilines is 2. The maximum Gasteiger partial charge on any atom is 0.224 e. The van der Waals surface area contributed by atoms with E-state index in [0.717, 1.165) is 24.3 Å².